The van der Waals surface area contributed by atoms with E-state index in [1.807, 2.05) is 25.1 Å². The molecule has 0 saturated heterocycles. The molecule has 0 saturated carbocycles. The van der Waals surface area contributed by atoms with Crippen LogP contribution in [0.4, 0.5) is 11.4 Å². The molecule has 1 heterocycles. The number of phenols is 1. The lowest BCUT2D eigenvalue weighted by molar-refractivity contribution is 0.243. The largest absolute Gasteiger partial charge is 0.507 e. The molecule has 1 aliphatic heterocycles. The molecule has 236 valence electrons. The van der Waals surface area contributed by atoms with Crippen molar-refractivity contribution < 1.29 is 19.3 Å². The van der Waals surface area contributed by atoms with Crippen molar-refractivity contribution in [3.05, 3.63) is 35.9 Å². The van der Waals surface area contributed by atoms with Crippen LogP contribution < -0.4 is 24.4 Å². The van der Waals surface area contributed by atoms with E-state index in [0.717, 1.165) is 99.9 Å². The van der Waals surface area contributed by atoms with Crippen LogP contribution in [-0.4, -0.2) is 87.1 Å². The van der Waals surface area contributed by atoms with Gasteiger partial charge in [0, 0.05) is 49.9 Å². The molecule has 8 heteroatoms. The van der Waals surface area contributed by atoms with Crippen LogP contribution in [0.15, 0.2) is 30.3 Å². The molecule has 42 heavy (non-hydrogen) atoms. The number of nitrogens with zero attached hydrogens (tertiary/aromatic N) is 3. The molecule has 0 fully saturated rings. The van der Waals surface area contributed by atoms with Gasteiger partial charge in [0.15, 0.2) is 0 Å². The highest BCUT2D eigenvalue weighted by atomic mass is 16.5. The van der Waals surface area contributed by atoms with Gasteiger partial charge in [0.2, 0.25) is 0 Å². The number of hydrogen-bond donors (Lipinski definition) is 2. The average molecular weight is 585 g/mol. The number of rotatable bonds is 20. The van der Waals surface area contributed by atoms with Gasteiger partial charge in [0.25, 0.3) is 0 Å². The Bertz CT molecular complexity index is 1060. The summed E-state index contributed by atoms with van der Waals surface area (Å²) in [5, 5.41) is 14.7. The highest BCUT2D eigenvalue weighted by Crippen LogP contribution is 2.47. The van der Waals surface area contributed by atoms with E-state index in [-0.39, 0.29) is 11.8 Å². The minimum absolute atomic E-state index is 0.0341. The number of benzene rings is 2. The number of anilines is 2. The van der Waals surface area contributed by atoms with E-state index in [1.54, 1.807) is 6.07 Å². The Hall–Kier alpha value is -2.84. The summed E-state index contributed by atoms with van der Waals surface area (Å²) in [5.41, 5.74) is 2.96. The smallest absolute Gasteiger partial charge is 0.148 e. The summed E-state index contributed by atoms with van der Waals surface area (Å²) in [6, 6.07) is 9.84. The summed E-state index contributed by atoms with van der Waals surface area (Å²) in [6.45, 7) is 22.6. The van der Waals surface area contributed by atoms with Crippen molar-refractivity contribution in [2.24, 2.45) is 0 Å². The Labute approximate surface area is 254 Å². The predicted molar refractivity (Wildman–Crippen MR) is 175 cm³/mol. The summed E-state index contributed by atoms with van der Waals surface area (Å²) < 4.78 is 18.4. The van der Waals surface area contributed by atoms with Gasteiger partial charge in [-0.3, -0.25) is 0 Å². The fraction of sp³-hybridized carbons (Fsp3) is 0.647. The van der Waals surface area contributed by atoms with Crippen molar-refractivity contribution in [2.45, 2.75) is 73.3 Å². The third-order valence-electron chi connectivity index (χ3n) is 8.19. The standard InChI is InChI=1S/C34H56N4O4/c1-7-13-20-38-30-23-28(41-21-14-18-36(8-2)9-3)25-33(42-22-15-19-37(10-4)11-5)34(30)35-26-31(38)29-17-16-27(40-12-6)24-32(29)39/h16-17,23-25,31,35,39H,7-15,18-22,26H2,1-6H3. The molecule has 1 unspecified atom stereocenters. The number of nitrogens with one attached hydrogen (secondary N) is 1. The zero-order valence-corrected chi connectivity index (χ0v) is 27.1. The van der Waals surface area contributed by atoms with Gasteiger partial charge in [-0.1, -0.05) is 41.0 Å². The predicted octanol–water partition coefficient (Wildman–Crippen LogP) is 6.79. The minimum atomic E-state index is -0.0341. The molecule has 0 bridgehead atoms. The first-order valence-corrected chi connectivity index (χ1v) is 16.3. The molecule has 1 aliphatic rings. The lowest BCUT2D eigenvalue weighted by atomic mass is 9.98. The number of aromatic hydroxyl groups is 1. The first-order valence-electron chi connectivity index (χ1n) is 16.3. The second kappa shape index (κ2) is 18.0. The fourth-order valence-electron chi connectivity index (χ4n) is 5.63. The minimum Gasteiger partial charge on any atom is -0.507 e. The molecule has 3 rings (SSSR count). The van der Waals surface area contributed by atoms with Crippen LogP contribution in [0.5, 0.6) is 23.0 Å². The van der Waals surface area contributed by atoms with E-state index < -0.39 is 0 Å². The molecule has 2 aromatic rings. The SMILES string of the molecule is CCCCN1c2cc(OCCCN(CC)CC)cc(OCCCN(CC)CC)c2NCC1c1ccc(OCC)cc1O. The number of phenolic OH excluding ortho intramolecular Hbond substituents is 1. The van der Waals surface area contributed by atoms with Crippen LogP contribution in [0.25, 0.3) is 0 Å². The lowest BCUT2D eigenvalue weighted by Gasteiger charge is -2.41. The topological polar surface area (TPSA) is 69.7 Å². The molecule has 0 aromatic heterocycles. The number of fused-ring (bicyclic) bond motifs is 1. The van der Waals surface area contributed by atoms with Gasteiger partial charge >= 0.3 is 0 Å². The Morgan fingerprint density at radius 3 is 2.07 bits per heavy atom. The lowest BCUT2D eigenvalue weighted by Crippen LogP contribution is -2.38. The number of hydrogen-bond acceptors (Lipinski definition) is 8. The zero-order chi connectivity index (χ0) is 30.3. The third kappa shape index (κ3) is 9.33. The van der Waals surface area contributed by atoms with Crippen molar-refractivity contribution in [3.63, 3.8) is 0 Å². The maximum absolute atomic E-state index is 11.0. The van der Waals surface area contributed by atoms with Crippen molar-refractivity contribution in [3.8, 4) is 23.0 Å². The first-order chi connectivity index (χ1) is 20.5. The summed E-state index contributed by atoms with van der Waals surface area (Å²) in [6.07, 6.45) is 4.06. The van der Waals surface area contributed by atoms with Gasteiger partial charge in [0.05, 0.1) is 31.5 Å². The van der Waals surface area contributed by atoms with E-state index in [9.17, 15) is 5.11 Å². The van der Waals surface area contributed by atoms with Crippen LogP contribution >= 0.6 is 0 Å². The molecule has 2 N–H and O–H groups in total. The van der Waals surface area contributed by atoms with Gasteiger partial charge in [-0.2, -0.15) is 0 Å². The van der Waals surface area contributed by atoms with Crippen LogP contribution in [0.3, 0.4) is 0 Å². The monoisotopic (exact) mass is 584 g/mol. The summed E-state index contributed by atoms with van der Waals surface area (Å²) in [5.74, 6) is 2.60. The molecule has 1 atom stereocenters. The van der Waals surface area contributed by atoms with Gasteiger partial charge in [-0.05, 0) is 64.5 Å². The van der Waals surface area contributed by atoms with Crippen molar-refractivity contribution in [1.29, 1.82) is 0 Å². The highest BCUT2D eigenvalue weighted by molar-refractivity contribution is 5.81. The Kier molecular flexibility index (Phi) is 14.4. The quantitative estimate of drug-likeness (QED) is 0.165. The summed E-state index contributed by atoms with van der Waals surface area (Å²) in [4.78, 5) is 7.26. The molecule has 0 amide bonds. The Balaban J connectivity index is 1.90. The maximum Gasteiger partial charge on any atom is 0.148 e. The molecular weight excluding hydrogens is 528 g/mol. The second-order valence-corrected chi connectivity index (χ2v) is 10.9. The van der Waals surface area contributed by atoms with Gasteiger partial charge < -0.3 is 39.3 Å². The third-order valence-corrected chi connectivity index (χ3v) is 8.19. The fourth-order valence-corrected chi connectivity index (χ4v) is 5.63. The molecule has 2 aromatic carbocycles. The van der Waals surface area contributed by atoms with E-state index in [2.05, 4.69) is 60.7 Å². The summed E-state index contributed by atoms with van der Waals surface area (Å²) in [7, 11) is 0. The van der Waals surface area contributed by atoms with Gasteiger partial charge in [-0.25, -0.2) is 0 Å². The van der Waals surface area contributed by atoms with Crippen LogP contribution in [-0.2, 0) is 0 Å². The highest BCUT2D eigenvalue weighted by Gasteiger charge is 2.31. The summed E-state index contributed by atoms with van der Waals surface area (Å²) >= 11 is 0. The van der Waals surface area contributed by atoms with Crippen LogP contribution in [0.2, 0.25) is 0 Å². The van der Waals surface area contributed by atoms with Crippen molar-refractivity contribution in [1.82, 2.24) is 9.80 Å². The molecule has 0 aliphatic carbocycles. The maximum atomic E-state index is 11.0. The molecular formula is C34H56N4O4. The Morgan fingerprint density at radius 1 is 0.810 bits per heavy atom. The second-order valence-electron chi connectivity index (χ2n) is 10.9. The molecule has 0 spiro atoms. The zero-order valence-electron chi connectivity index (χ0n) is 27.1. The number of unbranched alkanes of at least 4 members (excludes halogenated alkanes) is 1. The van der Waals surface area contributed by atoms with E-state index in [1.165, 1.54) is 0 Å². The van der Waals surface area contributed by atoms with E-state index in [0.29, 0.717) is 32.1 Å². The number of ether oxygens (including phenoxy) is 3. The normalized spacial score (nSPS) is 14.7. The van der Waals surface area contributed by atoms with E-state index in [4.69, 9.17) is 14.2 Å². The van der Waals surface area contributed by atoms with E-state index >= 15 is 0 Å². The van der Waals surface area contributed by atoms with Crippen LogP contribution in [0.1, 0.15) is 78.8 Å². The average Bonchev–Trinajstić information content (AvgIpc) is 3.00. The molecule has 0 radical (unpaired) electrons. The van der Waals surface area contributed by atoms with Crippen LogP contribution in [0, 0.1) is 0 Å². The van der Waals surface area contributed by atoms with Gasteiger partial charge in [-0.15, -0.1) is 0 Å². The molecule has 8 nitrogen and oxygen atoms in total. The van der Waals surface area contributed by atoms with Crippen molar-refractivity contribution >= 4 is 11.4 Å². The Morgan fingerprint density at radius 2 is 1.48 bits per heavy atom. The van der Waals surface area contributed by atoms with Crippen molar-refractivity contribution in [2.75, 3.05) is 82.4 Å². The van der Waals surface area contributed by atoms with Gasteiger partial charge in [0.1, 0.15) is 28.7 Å². The first kappa shape index (κ1) is 33.7.